The molecule has 20 heavy (non-hydrogen) atoms. The fourth-order valence-electron chi connectivity index (χ4n) is 2.20. The van der Waals surface area contributed by atoms with Gasteiger partial charge < -0.3 is 5.11 Å². The summed E-state index contributed by atoms with van der Waals surface area (Å²) in [6, 6.07) is 2.41. The molecule has 2 atom stereocenters. The van der Waals surface area contributed by atoms with Crippen molar-refractivity contribution in [2.45, 2.75) is 18.3 Å². The maximum absolute atomic E-state index is 13.2. The third kappa shape index (κ3) is 3.27. The van der Waals surface area contributed by atoms with Crippen molar-refractivity contribution < 1.29 is 22.7 Å². The Hall–Kier alpha value is -0.790. The second-order valence-corrected chi connectivity index (χ2v) is 5.95. The van der Waals surface area contributed by atoms with Crippen LogP contribution in [0.2, 0.25) is 0 Å². The van der Waals surface area contributed by atoms with Crippen LogP contribution in [0.5, 0.6) is 0 Å². The highest BCUT2D eigenvalue weighted by atomic mass is 32.2. The molecule has 0 radical (unpaired) electrons. The van der Waals surface area contributed by atoms with E-state index in [1.54, 1.807) is 11.8 Å². The molecule has 1 saturated heterocycles. The largest absolute Gasteiger partial charge is 0.419 e. The summed E-state index contributed by atoms with van der Waals surface area (Å²) in [6.07, 6.45) is -5.82. The highest BCUT2D eigenvalue weighted by Crippen LogP contribution is 2.34. The first-order valence-corrected chi connectivity index (χ1v) is 7.29. The highest BCUT2D eigenvalue weighted by molar-refractivity contribution is 7.99. The Labute approximate surface area is 118 Å². The fraction of sp³-hybridized carbons (Fsp3) is 0.538. The lowest BCUT2D eigenvalue weighted by molar-refractivity contribution is -0.140. The predicted octanol–water partition coefficient (Wildman–Crippen LogP) is 2.93. The number of nitrogens with zero attached hydrogens (tertiary/aromatic N) is 1. The zero-order chi connectivity index (χ0) is 14.9. The van der Waals surface area contributed by atoms with Crippen molar-refractivity contribution in [1.82, 2.24) is 4.90 Å². The summed E-state index contributed by atoms with van der Waals surface area (Å²) in [4.78, 5) is 1.91. The van der Waals surface area contributed by atoms with E-state index in [1.165, 1.54) is 6.07 Å². The van der Waals surface area contributed by atoms with Gasteiger partial charge >= 0.3 is 6.18 Å². The lowest BCUT2D eigenvalue weighted by atomic mass is 9.99. The molecule has 2 nitrogen and oxygen atoms in total. The Morgan fingerprint density at radius 1 is 1.40 bits per heavy atom. The van der Waals surface area contributed by atoms with E-state index in [4.69, 9.17) is 0 Å². The summed E-state index contributed by atoms with van der Waals surface area (Å²) in [5.74, 6) is 0.243. The molecule has 1 fully saturated rings. The number of alkyl halides is 3. The topological polar surface area (TPSA) is 23.5 Å². The summed E-state index contributed by atoms with van der Waals surface area (Å²) in [6.45, 7) is 0.764. The molecular formula is C13H15F4NOS. The molecule has 0 saturated carbocycles. The van der Waals surface area contributed by atoms with Gasteiger partial charge in [0.2, 0.25) is 0 Å². The molecule has 1 aromatic carbocycles. The van der Waals surface area contributed by atoms with Gasteiger partial charge in [0.25, 0.3) is 0 Å². The van der Waals surface area contributed by atoms with Crippen molar-refractivity contribution in [3.63, 3.8) is 0 Å². The number of hydrogen-bond acceptors (Lipinski definition) is 3. The minimum absolute atomic E-state index is 0.0954. The first kappa shape index (κ1) is 15.6. The molecule has 1 aliphatic heterocycles. The standard InChI is InChI=1S/C13H15F4NOS/c1-18-4-5-20-7-11(18)12(19)8-2-3-10(14)9(6-8)13(15,16)17/h2-3,6,11-12,19H,4-5,7H2,1H3. The van der Waals surface area contributed by atoms with Crippen LogP contribution < -0.4 is 0 Å². The molecule has 0 amide bonds. The molecule has 7 heteroatoms. The van der Waals surface area contributed by atoms with Gasteiger partial charge in [0.1, 0.15) is 5.82 Å². The van der Waals surface area contributed by atoms with Crippen molar-refractivity contribution in [1.29, 1.82) is 0 Å². The van der Waals surface area contributed by atoms with E-state index in [9.17, 15) is 22.7 Å². The summed E-state index contributed by atoms with van der Waals surface area (Å²) < 4.78 is 51.3. The Morgan fingerprint density at radius 2 is 2.10 bits per heavy atom. The molecule has 1 aliphatic rings. The van der Waals surface area contributed by atoms with Gasteiger partial charge in [-0.1, -0.05) is 6.07 Å². The molecule has 0 bridgehead atoms. The van der Waals surface area contributed by atoms with Crippen molar-refractivity contribution in [2.75, 3.05) is 25.1 Å². The van der Waals surface area contributed by atoms with Crippen LogP contribution in [0.15, 0.2) is 18.2 Å². The second kappa shape index (κ2) is 5.91. The van der Waals surface area contributed by atoms with Crippen molar-refractivity contribution in [3.05, 3.63) is 35.1 Å². The molecule has 0 spiro atoms. The summed E-state index contributed by atoms with van der Waals surface area (Å²) in [5.41, 5.74) is -1.24. The van der Waals surface area contributed by atoms with E-state index in [2.05, 4.69) is 0 Å². The van der Waals surface area contributed by atoms with Gasteiger partial charge in [-0.05, 0) is 24.7 Å². The summed E-state index contributed by atoms with van der Waals surface area (Å²) >= 11 is 1.64. The Balaban J connectivity index is 2.28. The number of likely N-dealkylation sites (N-methyl/N-ethyl adjacent to an activating group) is 1. The van der Waals surface area contributed by atoms with Crippen molar-refractivity contribution in [2.24, 2.45) is 0 Å². The maximum Gasteiger partial charge on any atom is 0.419 e. The second-order valence-electron chi connectivity index (χ2n) is 4.80. The number of thioether (sulfide) groups is 1. The highest BCUT2D eigenvalue weighted by Gasteiger charge is 2.36. The van der Waals surface area contributed by atoms with E-state index in [0.717, 1.165) is 18.4 Å². The number of rotatable bonds is 2. The van der Waals surface area contributed by atoms with E-state index >= 15 is 0 Å². The number of hydrogen-bond donors (Lipinski definition) is 1. The molecule has 1 N–H and O–H groups in total. The SMILES string of the molecule is CN1CCSCC1C(O)c1ccc(F)c(C(F)(F)F)c1. The molecule has 0 aromatic heterocycles. The molecule has 2 unspecified atom stereocenters. The van der Waals surface area contributed by atoms with E-state index in [0.29, 0.717) is 11.8 Å². The molecular weight excluding hydrogens is 294 g/mol. The normalized spacial score (nSPS) is 22.8. The van der Waals surface area contributed by atoms with Crippen LogP contribution in [0.3, 0.4) is 0 Å². The average molecular weight is 309 g/mol. The molecule has 1 heterocycles. The number of aliphatic hydroxyl groups is 1. The number of aliphatic hydroxyl groups excluding tert-OH is 1. The minimum atomic E-state index is -4.76. The zero-order valence-corrected chi connectivity index (χ0v) is 11.6. The Kier molecular flexibility index (Phi) is 4.61. The Bertz CT molecular complexity index is 480. The zero-order valence-electron chi connectivity index (χ0n) is 10.8. The first-order valence-electron chi connectivity index (χ1n) is 6.13. The summed E-state index contributed by atoms with van der Waals surface area (Å²) in [7, 11) is 1.82. The van der Waals surface area contributed by atoms with Crippen LogP contribution in [0, 0.1) is 5.82 Å². The van der Waals surface area contributed by atoms with Gasteiger partial charge in [0, 0.05) is 24.1 Å². The van der Waals surface area contributed by atoms with Crippen LogP contribution in [0.25, 0.3) is 0 Å². The van der Waals surface area contributed by atoms with Crippen LogP contribution >= 0.6 is 11.8 Å². The van der Waals surface area contributed by atoms with Crippen LogP contribution in [-0.2, 0) is 6.18 Å². The molecule has 1 aromatic rings. The van der Waals surface area contributed by atoms with Crippen molar-refractivity contribution >= 4 is 11.8 Å². The van der Waals surface area contributed by atoms with Crippen LogP contribution in [-0.4, -0.2) is 41.1 Å². The third-order valence-electron chi connectivity index (χ3n) is 3.44. The predicted molar refractivity (Wildman–Crippen MR) is 70.1 cm³/mol. The third-order valence-corrected chi connectivity index (χ3v) is 4.49. The Morgan fingerprint density at radius 3 is 2.70 bits per heavy atom. The lowest BCUT2D eigenvalue weighted by Gasteiger charge is -2.35. The van der Waals surface area contributed by atoms with Gasteiger partial charge in [0.05, 0.1) is 11.7 Å². The van der Waals surface area contributed by atoms with Gasteiger partial charge in [-0.15, -0.1) is 0 Å². The smallest absolute Gasteiger partial charge is 0.387 e. The van der Waals surface area contributed by atoms with Gasteiger partial charge in [-0.25, -0.2) is 4.39 Å². The first-order chi connectivity index (χ1) is 9.30. The van der Waals surface area contributed by atoms with Crippen LogP contribution in [0.1, 0.15) is 17.2 Å². The molecule has 112 valence electrons. The van der Waals surface area contributed by atoms with Gasteiger partial charge in [-0.3, -0.25) is 4.90 Å². The quantitative estimate of drug-likeness (QED) is 0.850. The summed E-state index contributed by atoms with van der Waals surface area (Å²) in [5, 5.41) is 10.3. The lowest BCUT2D eigenvalue weighted by Crippen LogP contribution is -2.43. The minimum Gasteiger partial charge on any atom is -0.387 e. The van der Waals surface area contributed by atoms with Crippen molar-refractivity contribution in [3.8, 4) is 0 Å². The van der Waals surface area contributed by atoms with Gasteiger partial charge in [-0.2, -0.15) is 24.9 Å². The maximum atomic E-state index is 13.2. The van der Waals surface area contributed by atoms with E-state index < -0.39 is 23.7 Å². The molecule has 2 rings (SSSR count). The average Bonchev–Trinajstić information content (AvgIpc) is 2.37. The number of halogens is 4. The number of benzene rings is 1. The van der Waals surface area contributed by atoms with Crippen LogP contribution in [0.4, 0.5) is 17.6 Å². The van der Waals surface area contributed by atoms with E-state index in [-0.39, 0.29) is 11.6 Å². The molecule has 0 aliphatic carbocycles. The van der Waals surface area contributed by atoms with Gasteiger partial charge in [0.15, 0.2) is 0 Å². The monoisotopic (exact) mass is 309 g/mol. The van der Waals surface area contributed by atoms with E-state index in [1.807, 2.05) is 11.9 Å². The fourth-order valence-corrected chi connectivity index (χ4v) is 3.47.